The van der Waals surface area contributed by atoms with Crippen LogP contribution in [0.2, 0.25) is 5.02 Å². The quantitative estimate of drug-likeness (QED) is 0.843. The van der Waals surface area contributed by atoms with E-state index in [2.05, 4.69) is 37.7 Å². The minimum absolute atomic E-state index is 0.659. The summed E-state index contributed by atoms with van der Waals surface area (Å²) in [5.74, 6) is 0.802. The maximum atomic E-state index is 6.13. The highest BCUT2D eigenvalue weighted by atomic mass is 79.9. The number of halogens is 2. The van der Waals surface area contributed by atoms with Gasteiger partial charge in [-0.1, -0.05) is 11.6 Å². The Hall–Kier alpha value is -0.580. The molecule has 0 bridgehead atoms. The Balaban J connectivity index is 2.17. The fourth-order valence-corrected chi connectivity index (χ4v) is 2.85. The van der Waals surface area contributed by atoms with Gasteiger partial charge in [0.25, 0.3) is 0 Å². The number of anilines is 1. The lowest BCUT2D eigenvalue weighted by Gasteiger charge is -2.18. The van der Waals surface area contributed by atoms with Crippen LogP contribution in [0.5, 0.6) is 0 Å². The number of nitrogens with zero attached hydrogens (tertiary/aromatic N) is 2. The summed E-state index contributed by atoms with van der Waals surface area (Å²) < 4.78 is 0.894. The van der Waals surface area contributed by atoms with Crippen molar-refractivity contribution in [1.29, 1.82) is 0 Å². The predicted molar refractivity (Wildman–Crippen MR) is 73.4 cm³/mol. The number of rotatable bonds is 3. The smallest absolute Gasteiger partial charge is 0.147 e. The molecule has 0 atom stereocenters. The van der Waals surface area contributed by atoms with Crippen molar-refractivity contribution in [3.05, 3.63) is 44.1 Å². The van der Waals surface area contributed by atoms with Crippen molar-refractivity contribution in [3.63, 3.8) is 0 Å². The van der Waals surface area contributed by atoms with Crippen LogP contribution >= 0.6 is 38.9 Å². The molecule has 2 rings (SSSR count). The van der Waals surface area contributed by atoms with Gasteiger partial charge in [0.05, 0.1) is 5.02 Å². The molecular formula is C11H10BrClN2S. The minimum Gasteiger partial charge on any atom is -0.354 e. The second-order valence-corrected chi connectivity index (χ2v) is 5.55. The topological polar surface area (TPSA) is 16.1 Å². The average Bonchev–Trinajstić information content (AvgIpc) is 2.70. The van der Waals surface area contributed by atoms with E-state index in [9.17, 15) is 0 Å². The van der Waals surface area contributed by atoms with Crippen LogP contribution in [-0.4, -0.2) is 12.0 Å². The number of pyridine rings is 1. The Morgan fingerprint density at radius 2 is 2.38 bits per heavy atom. The van der Waals surface area contributed by atoms with Gasteiger partial charge in [0.15, 0.2) is 0 Å². The molecule has 0 spiro atoms. The van der Waals surface area contributed by atoms with E-state index in [1.165, 1.54) is 5.56 Å². The molecule has 0 fully saturated rings. The van der Waals surface area contributed by atoms with Crippen LogP contribution in [0.15, 0.2) is 33.6 Å². The Morgan fingerprint density at radius 1 is 1.56 bits per heavy atom. The SMILES string of the molecule is CN(Cc1ccsc1)c1ncc(Br)cc1Cl. The van der Waals surface area contributed by atoms with Gasteiger partial charge in [0.1, 0.15) is 5.82 Å². The number of hydrogen-bond acceptors (Lipinski definition) is 3. The van der Waals surface area contributed by atoms with E-state index in [4.69, 9.17) is 11.6 Å². The summed E-state index contributed by atoms with van der Waals surface area (Å²) in [5.41, 5.74) is 1.27. The summed E-state index contributed by atoms with van der Waals surface area (Å²) in [6.45, 7) is 0.817. The Morgan fingerprint density at radius 3 is 3.00 bits per heavy atom. The van der Waals surface area contributed by atoms with Crippen molar-refractivity contribution >= 4 is 44.7 Å². The highest BCUT2D eigenvalue weighted by molar-refractivity contribution is 9.10. The maximum Gasteiger partial charge on any atom is 0.147 e. The molecule has 0 N–H and O–H groups in total. The monoisotopic (exact) mass is 316 g/mol. The summed E-state index contributed by atoms with van der Waals surface area (Å²) in [4.78, 5) is 6.35. The third-order valence-corrected chi connectivity index (χ3v) is 3.59. The lowest BCUT2D eigenvalue weighted by Crippen LogP contribution is -2.17. The van der Waals surface area contributed by atoms with Gasteiger partial charge in [-0.05, 0) is 44.4 Å². The largest absolute Gasteiger partial charge is 0.354 e. The molecule has 0 unspecified atom stereocenters. The molecule has 0 aromatic carbocycles. The minimum atomic E-state index is 0.659. The molecule has 84 valence electrons. The second kappa shape index (κ2) is 5.17. The van der Waals surface area contributed by atoms with Crippen molar-refractivity contribution in [2.24, 2.45) is 0 Å². The Kier molecular flexibility index (Phi) is 3.84. The molecule has 0 aliphatic rings. The van der Waals surface area contributed by atoms with Crippen LogP contribution in [0, 0.1) is 0 Å². The number of thiophene rings is 1. The molecule has 0 amide bonds. The first-order chi connectivity index (χ1) is 7.66. The first kappa shape index (κ1) is 11.9. The van der Waals surface area contributed by atoms with Gasteiger partial charge in [0.2, 0.25) is 0 Å². The fraction of sp³-hybridized carbons (Fsp3) is 0.182. The number of aromatic nitrogens is 1. The van der Waals surface area contributed by atoms with Crippen molar-refractivity contribution in [2.45, 2.75) is 6.54 Å². The van der Waals surface area contributed by atoms with E-state index < -0.39 is 0 Å². The molecule has 2 aromatic rings. The van der Waals surface area contributed by atoms with E-state index >= 15 is 0 Å². The molecule has 16 heavy (non-hydrogen) atoms. The summed E-state index contributed by atoms with van der Waals surface area (Å²) >= 11 is 11.2. The zero-order chi connectivity index (χ0) is 11.5. The van der Waals surface area contributed by atoms with E-state index in [0.29, 0.717) is 5.02 Å². The van der Waals surface area contributed by atoms with Crippen molar-refractivity contribution < 1.29 is 0 Å². The number of hydrogen-bond donors (Lipinski definition) is 0. The zero-order valence-electron chi connectivity index (χ0n) is 8.65. The third kappa shape index (κ3) is 2.75. The fourth-order valence-electron chi connectivity index (χ4n) is 1.42. The van der Waals surface area contributed by atoms with Crippen LogP contribution in [0.25, 0.3) is 0 Å². The van der Waals surface area contributed by atoms with Gasteiger partial charge >= 0.3 is 0 Å². The molecule has 2 nitrogen and oxygen atoms in total. The maximum absolute atomic E-state index is 6.13. The van der Waals surface area contributed by atoms with Gasteiger partial charge in [-0.25, -0.2) is 4.98 Å². The van der Waals surface area contributed by atoms with Crippen molar-refractivity contribution in [2.75, 3.05) is 11.9 Å². The molecule has 0 radical (unpaired) electrons. The van der Waals surface area contributed by atoms with E-state index in [1.54, 1.807) is 17.5 Å². The van der Waals surface area contributed by atoms with Gasteiger partial charge < -0.3 is 4.90 Å². The lowest BCUT2D eigenvalue weighted by atomic mass is 10.3. The van der Waals surface area contributed by atoms with Crippen LogP contribution in [0.3, 0.4) is 0 Å². The standard InChI is InChI=1S/C11H10BrClN2S/c1-15(6-8-2-3-16-7-8)11-10(13)4-9(12)5-14-11/h2-5,7H,6H2,1H3. The summed E-state index contributed by atoms with van der Waals surface area (Å²) in [7, 11) is 1.99. The Labute approximate surface area is 112 Å². The van der Waals surface area contributed by atoms with Gasteiger partial charge in [-0.15, -0.1) is 0 Å². The highest BCUT2D eigenvalue weighted by Crippen LogP contribution is 2.26. The van der Waals surface area contributed by atoms with Gasteiger partial charge in [-0.2, -0.15) is 11.3 Å². The molecule has 5 heteroatoms. The molecular weight excluding hydrogens is 308 g/mol. The van der Waals surface area contributed by atoms with Crippen LogP contribution in [0.4, 0.5) is 5.82 Å². The van der Waals surface area contributed by atoms with E-state index in [1.807, 2.05) is 18.0 Å². The van der Waals surface area contributed by atoms with Crippen LogP contribution in [0.1, 0.15) is 5.56 Å². The predicted octanol–water partition coefficient (Wildman–Crippen LogP) is 4.20. The molecule has 0 aliphatic carbocycles. The first-order valence-electron chi connectivity index (χ1n) is 4.70. The van der Waals surface area contributed by atoms with Gasteiger partial charge in [-0.3, -0.25) is 0 Å². The van der Waals surface area contributed by atoms with Crippen molar-refractivity contribution in [1.82, 2.24) is 4.98 Å². The zero-order valence-corrected chi connectivity index (χ0v) is 11.8. The average molecular weight is 318 g/mol. The highest BCUT2D eigenvalue weighted by Gasteiger charge is 2.08. The van der Waals surface area contributed by atoms with Crippen molar-refractivity contribution in [3.8, 4) is 0 Å². The van der Waals surface area contributed by atoms with Gasteiger partial charge in [0, 0.05) is 24.3 Å². The normalized spacial score (nSPS) is 10.4. The molecule has 0 saturated heterocycles. The van der Waals surface area contributed by atoms with E-state index in [0.717, 1.165) is 16.8 Å². The molecule has 0 saturated carbocycles. The van der Waals surface area contributed by atoms with Crippen LogP contribution in [-0.2, 0) is 6.54 Å². The summed E-state index contributed by atoms with van der Waals surface area (Å²) in [5, 5.41) is 4.86. The molecule has 2 aromatic heterocycles. The third-order valence-electron chi connectivity index (χ3n) is 2.15. The lowest BCUT2D eigenvalue weighted by molar-refractivity contribution is 0.901. The Bertz CT molecular complexity index is 473. The molecule has 2 heterocycles. The van der Waals surface area contributed by atoms with Crippen LogP contribution < -0.4 is 4.90 Å². The summed E-state index contributed by atoms with van der Waals surface area (Å²) in [6.07, 6.45) is 1.76. The van der Waals surface area contributed by atoms with E-state index in [-0.39, 0.29) is 0 Å². The summed E-state index contributed by atoms with van der Waals surface area (Å²) in [6, 6.07) is 3.96. The molecule has 0 aliphatic heterocycles. The first-order valence-corrected chi connectivity index (χ1v) is 6.81. The second-order valence-electron chi connectivity index (χ2n) is 3.45.